The van der Waals surface area contributed by atoms with Crippen molar-refractivity contribution in [3.05, 3.63) is 0 Å². The Morgan fingerprint density at radius 1 is 1.21 bits per heavy atom. The molecule has 1 aliphatic carbocycles. The molecule has 1 saturated carbocycles. The van der Waals surface area contributed by atoms with Gasteiger partial charge in [0.15, 0.2) is 0 Å². The van der Waals surface area contributed by atoms with Crippen molar-refractivity contribution in [3.8, 4) is 0 Å². The first-order chi connectivity index (χ1) is 6.39. The smallest absolute Gasteiger partial charge is 0.303 e. The van der Waals surface area contributed by atoms with Gasteiger partial charge in [-0.1, -0.05) is 32.5 Å². The van der Waals surface area contributed by atoms with Gasteiger partial charge < -0.3 is 5.11 Å². The number of rotatable bonds is 3. The molecule has 0 radical (unpaired) electrons. The summed E-state index contributed by atoms with van der Waals surface area (Å²) in [6.07, 6.45) is 5.21. The monoisotopic (exact) mass is 214 g/mol. The van der Waals surface area contributed by atoms with Gasteiger partial charge in [0.1, 0.15) is 0 Å². The Balaban J connectivity index is 2.35. The van der Waals surface area contributed by atoms with E-state index in [-0.39, 0.29) is 0 Å². The zero-order valence-corrected chi connectivity index (χ0v) is 10.5. The second kappa shape index (κ2) is 4.47. The molecule has 0 aromatic carbocycles. The van der Waals surface area contributed by atoms with Crippen molar-refractivity contribution in [1.82, 2.24) is 0 Å². The number of aliphatic carboxylic acids is 1. The summed E-state index contributed by atoms with van der Waals surface area (Å²) >= 11 is 0. The van der Waals surface area contributed by atoms with Gasteiger partial charge >= 0.3 is 5.97 Å². The molecule has 0 unspecified atom stereocenters. The van der Waals surface area contributed by atoms with Crippen LogP contribution in [0.5, 0.6) is 0 Å². The standard InChI is InChI=1S/C11H22O2Si/c1-14(2,3)10-6-4-9(5-7-10)8-11(12)13/h9-10H,4-8H2,1-3H3,(H,12,13). The van der Waals surface area contributed by atoms with Gasteiger partial charge in [0.2, 0.25) is 0 Å². The largest absolute Gasteiger partial charge is 0.481 e. The zero-order valence-electron chi connectivity index (χ0n) is 9.55. The third-order valence-electron chi connectivity index (χ3n) is 3.53. The first-order valence-corrected chi connectivity index (χ1v) is 9.19. The van der Waals surface area contributed by atoms with Crippen molar-refractivity contribution in [1.29, 1.82) is 0 Å². The maximum Gasteiger partial charge on any atom is 0.303 e. The van der Waals surface area contributed by atoms with Crippen LogP contribution in [0.1, 0.15) is 32.1 Å². The van der Waals surface area contributed by atoms with Crippen LogP contribution in [-0.2, 0) is 4.79 Å². The third-order valence-corrected chi connectivity index (χ3v) is 6.56. The molecule has 0 atom stereocenters. The summed E-state index contributed by atoms with van der Waals surface area (Å²) in [6, 6.07) is 0. The van der Waals surface area contributed by atoms with Gasteiger partial charge in [-0.3, -0.25) is 4.79 Å². The van der Waals surface area contributed by atoms with Crippen molar-refractivity contribution in [2.75, 3.05) is 0 Å². The lowest BCUT2D eigenvalue weighted by Crippen LogP contribution is -2.31. The van der Waals surface area contributed by atoms with Gasteiger partial charge in [0.05, 0.1) is 0 Å². The van der Waals surface area contributed by atoms with Crippen LogP contribution >= 0.6 is 0 Å². The first-order valence-electron chi connectivity index (χ1n) is 5.61. The summed E-state index contributed by atoms with van der Waals surface area (Å²) in [5.74, 6) is -0.165. The van der Waals surface area contributed by atoms with E-state index in [1.807, 2.05) is 0 Å². The molecule has 1 fully saturated rings. The zero-order chi connectivity index (χ0) is 10.8. The van der Waals surface area contributed by atoms with Gasteiger partial charge in [-0.2, -0.15) is 0 Å². The molecular formula is C11H22O2Si. The van der Waals surface area contributed by atoms with Gasteiger partial charge in [0, 0.05) is 14.5 Å². The Morgan fingerprint density at radius 2 is 1.71 bits per heavy atom. The van der Waals surface area contributed by atoms with Crippen molar-refractivity contribution in [3.63, 3.8) is 0 Å². The Bertz CT molecular complexity index is 200. The van der Waals surface area contributed by atoms with Crippen LogP contribution in [0.2, 0.25) is 25.2 Å². The summed E-state index contributed by atoms with van der Waals surface area (Å²) in [4.78, 5) is 10.6. The van der Waals surface area contributed by atoms with Crippen LogP contribution < -0.4 is 0 Å². The topological polar surface area (TPSA) is 37.3 Å². The lowest BCUT2D eigenvalue weighted by Gasteiger charge is -2.35. The quantitative estimate of drug-likeness (QED) is 0.731. The Kier molecular flexibility index (Phi) is 3.76. The van der Waals surface area contributed by atoms with Crippen molar-refractivity contribution in [2.45, 2.75) is 57.3 Å². The lowest BCUT2D eigenvalue weighted by molar-refractivity contribution is -0.138. The Morgan fingerprint density at radius 3 is 2.07 bits per heavy atom. The molecule has 3 heteroatoms. The molecule has 0 aromatic rings. The minimum atomic E-state index is -0.973. The summed E-state index contributed by atoms with van der Waals surface area (Å²) in [5, 5.41) is 8.70. The molecule has 0 bridgehead atoms. The summed E-state index contributed by atoms with van der Waals surface area (Å²) < 4.78 is 0. The molecular weight excluding hydrogens is 192 g/mol. The maximum absolute atomic E-state index is 10.6. The normalized spacial score (nSPS) is 28.8. The molecule has 2 nitrogen and oxygen atoms in total. The molecule has 0 heterocycles. The second-order valence-corrected chi connectivity index (χ2v) is 11.2. The van der Waals surface area contributed by atoms with Crippen LogP contribution in [0, 0.1) is 5.92 Å². The van der Waals surface area contributed by atoms with Crippen molar-refractivity contribution in [2.24, 2.45) is 5.92 Å². The highest BCUT2D eigenvalue weighted by Crippen LogP contribution is 2.40. The van der Waals surface area contributed by atoms with E-state index < -0.39 is 14.0 Å². The molecule has 0 amide bonds. The lowest BCUT2D eigenvalue weighted by atomic mass is 9.86. The third kappa shape index (κ3) is 3.44. The molecule has 0 spiro atoms. The van der Waals surface area contributed by atoms with Gasteiger partial charge in [0.25, 0.3) is 0 Å². The highest BCUT2D eigenvalue weighted by Gasteiger charge is 2.31. The number of hydrogen-bond acceptors (Lipinski definition) is 1. The molecule has 14 heavy (non-hydrogen) atoms. The van der Waals surface area contributed by atoms with Gasteiger partial charge in [-0.05, 0) is 24.3 Å². The fraction of sp³-hybridized carbons (Fsp3) is 0.909. The highest BCUT2D eigenvalue weighted by atomic mass is 28.3. The van der Waals surface area contributed by atoms with E-state index in [2.05, 4.69) is 19.6 Å². The van der Waals surface area contributed by atoms with Crippen LogP contribution in [0.25, 0.3) is 0 Å². The molecule has 0 aromatic heterocycles. The van der Waals surface area contributed by atoms with Gasteiger partial charge in [-0.25, -0.2) is 0 Å². The van der Waals surface area contributed by atoms with Gasteiger partial charge in [-0.15, -0.1) is 0 Å². The Hall–Kier alpha value is -0.313. The van der Waals surface area contributed by atoms with E-state index in [1.54, 1.807) is 0 Å². The number of carboxylic acid groups (broad SMARTS) is 1. The van der Waals surface area contributed by atoms with Crippen molar-refractivity contribution < 1.29 is 9.90 Å². The van der Waals surface area contributed by atoms with Crippen LogP contribution in [0.4, 0.5) is 0 Å². The van der Waals surface area contributed by atoms with Crippen LogP contribution in [0.3, 0.4) is 0 Å². The van der Waals surface area contributed by atoms with E-state index in [1.165, 1.54) is 12.8 Å². The van der Waals surface area contributed by atoms with E-state index >= 15 is 0 Å². The Labute approximate surface area is 87.7 Å². The fourth-order valence-electron chi connectivity index (χ4n) is 2.48. The predicted octanol–water partition coefficient (Wildman–Crippen LogP) is 3.36. The van der Waals surface area contributed by atoms with E-state index in [0.717, 1.165) is 18.4 Å². The van der Waals surface area contributed by atoms with Crippen molar-refractivity contribution >= 4 is 14.0 Å². The number of hydrogen-bond donors (Lipinski definition) is 1. The van der Waals surface area contributed by atoms with E-state index in [0.29, 0.717) is 12.3 Å². The van der Waals surface area contributed by atoms with E-state index in [4.69, 9.17) is 5.11 Å². The number of carbonyl (C=O) groups is 1. The average molecular weight is 214 g/mol. The summed E-state index contributed by atoms with van der Waals surface area (Å²) in [5.41, 5.74) is 0.924. The highest BCUT2D eigenvalue weighted by molar-refractivity contribution is 6.77. The minimum absolute atomic E-state index is 0.387. The second-order valence-electron chi connectivity index (χ2n) is 5.68. The summed E-state index contributed by atoms with van der Waals surface area (Å²) in [6.45, 7) is 7.28. The fourth-order valence-corrected chi connectivity index (χ4v) is 4.54. The predicted molar refractivity (Wildman–Crippen MR) is 61.3 cm³/mol. The molecule has 1 N–H and O–H groups in total. The molecule has 1 rings (SSSR count). The van der Waals surface area contributed by atoms with Crippen LogP contribution in [0.15, 0.2) is 0 Å². The molecule has 0 aliphatic heterocycles. The SMILES string of the molecule is C[Si](C)(C)C1CCC(CC(=O)O)CC1. The maximum atomic E-state index is 10.6. The number of carboxylic acids is 1. The molecule has 0 saturated heterocycles. The van der Waals surface area contributed by atoms with Crippen LogP contribution in [-0.4, -0.2) is 19.1 Å². The minimum Gasteiger partial charge on any atom is -0.481 e. The average Bonchev–Trinajstić information content (AvgIpc) is 2.02. The van der Waals surface area contributed by atoms with E-state index in [9.17, 15) is 4.79 Å². The first kappa shape index (κ1) is 11.8. The molecule has 1 aliphatic rings. The summed E-state index contributed by atoms with van der Waals surface area (Å²) in [7, 11) is -0.973. The molecule has 82 valence electrons.